The van der Waals surface area contributed by atoms with Gasteiger partial charge in [-0.25, -0.2) is 24.9 Å². The smallest absolute Gasteiger partial charge is 0.219 e. The molecule has 0 radical (unpaired) electrons. The van der Waals surface area contributed by atoms with Crippen LogP contribution in [0, 0.1) is 5.92 Å². The largest absolute Gasteiger partial charge is 0.378 e. The molecule has 206 valence electrons. The molecular formula is C25H39N11O2. The average molecular weight is 526 g/mol. The number of aliphatic hydroxyl groups excluding tert-OH is 1. The topological polar surface area (TPSA) is 138 Å². The summed E-state index contributed by atoms with van der Waals surface area (Å²) in [5.74, 6) is 2.84. The summed E-state index contributed by atoms with van der Waals surface area (Å²) >= 11 is 0. The lowest BCUT2D eigenvalue weighted by molar-refractivity contribution is -0.0156. The summed E-state index contributed by atoms with van der Waals surface area (Å²) in [4.78, 5) is 32.1. The predicted molar refractivity (Wildman–Crippen MR) is 147 cm³/mol. The number of nitrogens with two attached hydrogens (primary N) is 1. The highest BCUT2D eigenvalue weighted by Gasteiger charge is 2.29. The fourth-order valence-corrected chi connectivity index (χ4v) is 4.99. The molecule has 2 fully saturated rings. The van der Waals surface area contributed by atoms with Gasteiger partial charge in [-0.3, -0.25) is 9.47 Å². The molecule has 3 N–H and O–H groups in total. The van der Waals surface area contributed by atoms with Gasteiger partial charge in [0.25, 0.3) is 0 Å². The third-order valence-electron chi connectivity index (χ3n) is 6.89. The van der Waals surface area contributed by atoms with Gasteiger partial charge in [-0.15, -0.1) is 0 Å². The van der Waals surface area contributed by atoms with Crippen LogP contribution >= 0.6 is 0 Å². The first kappa shape index (κ1) is 26.5. The number of nitrogen functional groups attached to an aromatic ring is 1. The number of nitrogens with zero attached hydrogens (tertiary/aromatic N) is 10. The highest BCUT2D eigenvalue weighted by Crippen LogP contribution is 2.32. The van der Waals surface area contributed by atoms with E-state index in [1.807, 2.05) is 19.0 Å². The van der Waals surface area contributed by atoms with Crippen LogP contribution in [-0.2, 0) is 11.3 Å². The van der Waals surface area contributed by atoms with Crippen molar-refractivity contribution in [1.82, 2.24) is 39.3 Å². The van der Waals surface area contributed by atoms with Gasteiger partial charge in [0.1, 0.15) is 6.23 Å². The SMILES string of the molecule is CC(C)Cn1c(N2CCN(C(O)CN(C)C)CC2)nc2c(N3CCOCC3)nc(-c3cnc(N)nc3)nc21. The Morgan fingerprint density at radius 1 is 0.974 bits per heavy atom. The molecule has 0 spiro atoms. The molecule has 2 aliphatic rings. The summed E-state index contributed by atoms with van der Waals surface area (Å²) < 4.78 is 7.83. The first-order chi connectivity index (χ1) is 18.3. The van der Waals surface area contributed by atoms with Gasteiger partial charge in [0.05, 0.1) is 18.8 Å². The molecule has 3 aromatic heterocycles. The summed E-state index contributed by atoms with van der Waals surface area (Å²) in [5.41, 5.74) is 8.03. The van der Waals surface area contributed by atoms with Gasteiger partial charge in [0, 0.05) is 64.8 Å². The molecule has 0 aliphatic carbocycles. The number of aromatic nitrogens is 6. The highest BCUT2D eigenvalue weighted by atomic mass is 16.5. The third kappa shape index (κ3) is 5.65. The number of rotatable bonds is 8. The lowest BCUT2D eigenvalue weighted by Gasteiger charge is -2.38. The normalized spacial score (nSPS) is 18.2. The van der Waals surface area contributed by atoms with Crippen molar-refractivity contribution in [2.24, 2.45) is 5.92 Å². The van der Waals surface area contributed by atoms with Gasteiger partial charge in [-0.1, -0.05) is 13.8 Å². The van der Waals surface area contributed by atoms with Crippen molar-refractivity contribution in [1.29, 1.82) is 0 Å². The lowest BCUT2D eigenvalue weighted by atomic mass is 10.2. The van der Waals surface area contributed by atoms with E-state index in [2.05, 4.69) is 43.1 Å². The van der Waals surface area contributed by atoms with Crippen molar-refractivity contribution in [2.45, 2.75) is 26.6 Å². The summed E-state index contributed by atoms with van der Waals surface area (Å²) in [7, 11) is 3.96. The molecule has 0 aromatic carbocycles. The molecule has 5 rings (SSSR count). The zero-order valence-corrected chi connectivity index (χ0v) is 22.8. The maximum Gasteiger partial charge on any atom is 0.219 e. The Bertz CT molecular complexity index is 1220. The van der Waals surface area contributed by atoms with E-state index in [1.54, 1.807) is 12.4 Å². The molecule has 1 atom stereocenters. The van der Waals surface area contributed by atoms with E-state index in [1.165, 1.54) is 0 Å². The van der Waals surface area contributed by atoms with Crippen molar-refractivity contribution < 1.29 is 9.84 Å². The Morgan fingerprint density at radius 3 is 2.29 bits per heavy atom. The minimum atomic E-state index is -0.481. The highest BCUT2D eigenvalue weighted by molar-refractivity contribution is 5.88. The molecular weight excluding hydrogens is 486 g/mol. The summed E-state index contributed by atoms with van der Waals surface area (Å²) in [6, 6.07) is 0. The van der Waals surface area contributed by atoms with Crippen LogP contribution in [0.1, 0.15) is 13.8 Å². The maximum atomic E-state index is 10.6. The van der Waals surface area contributed by atoms with Crippen LogP contribution in [-0.4, -0.2) is 124 Å². The number of morpholine rings is 1. The summed E-state index contributed by atoms with van der Waals surface area (Å²) in [6.07, 6.45) is 2.84. The fourth-order valence-electron chi connectivity index (χ4n) is 4.99. The summed E-state index contributed by atoms with van der Waals surface area (Å²) in [6.45, 7) is 11.6. The van der Waals surface area contributed by atoms with Crippen molar-refractivity contribution in [3.63, 3.8) is 0 Å². The molecule has 13 heteroatoms. The van der Waals surface area contributed by atoms with Crippen molar-refractivity contribution >= 4 is 28.9 Å². The number of piperazine rings is 1. The third-order valence-corrected chi connectivity index (χ3v) is 6.89. The Hall–Kier alpha value is -3.13. The fraction of sp³-hybridized carbons (Fsp3) is 0.640. The minimum absolute atomic E-state index is 0.213. The minimum Gasteiger partial charge on any atom is -0.378 e. The van der Waals surface area contributed by atoms with E-state index in [-0.39, 0.29) is 5.95 Å². The number of fused-ring (bicyclic) bond motifs is 1. The molecule has 13 nitrogen and oxygen atoms in total. The molecule has 5 heterocycles. The second-order valence-electron chi connectivity index (χ2n) is 10.7. The number of hydrogen-bond donors (Lipinski definition) is 2. The molecule has 3 aromatic rings. The number of likely N-dealkylation sites (N-methyl/N-ethyl adjacent to an activating group) is 1. The second kappa shape index (κ2) is 11.3. The predicted octanol–water partition coefficient (Wildman–Crippen LogP) is 0.360. The molecule has 0 amide bonds. The van der Waals surface area contributed by atoms with Crippen LogP contribution in [0.2, 0.25) is 0 Å². The van der Waals surface area contributed by atoms with Crippen LogP contribution in [0.5, 0.6) is 0 Å². The number of hydrogen-bond acceptors (Lipinski definition) is 12. The first-order valence-electron chi connectivity index (χ1n) is 13.3. The van der Waals surface area contributed by atoms with Crippen LogP contribution in [0.25, 0.3) is 22.6 Å². The molecule has 0 saturated carbocycles. The van der Waals surface area contributed by atoms with E-state index in [0.29, 0.717) is 37.1 Å². The molecule has 2 aliphatic heterocycles. The number of aliphatic hydroxyl groups is 1. The standard InChI is InChI=1S/C25H39N11O2/c1-17(2)15-36-23-20(29-25(36)35-7-5-33(6-8-35)19(37)16-32(3)4)22(34-9-11-38-12-10-34)30-21(31-23)18-13-27-24(26)28-14-18/h13-14,17,19,37H,5-12,15-16H2,1-4H3,(H2,26,27,28). The van der Waals surface area contributed by atoms with Crippen molar-refractivity contribution in [3.05, 3.63) is 12.4 Å². The zero-order valence-electron chi connectivity index (χ0n) is 22.8. The van der Waals surface area contributed by atoms with Gasteiger partial charge in [0.2, 0.25) is 11.9 Å². The Balaban J connectivity index is 1.56. The molecule has 1 unspecified atom stereocenters. The van der Waals surface area contributed by atoms with Gasteiger partial charge < -0.3 is 30.3 Å². The van der Waals surface area contributed by atoms with Crippen LogP contribution < -0.4 is 15.5 Å². The van der Waals surface area contributed by atoms with Crippen molar-refractivity contribution in [2.75, 3.05) is 88.7 Å². The number of imidazole rings is 1. The van der Waals surface area contributed by atoms with Gasteiger partial charge in [0.15, 0.2) is 22.8 Å². The van der Waals surface area contributed by atoms with Crippen LogP contribution in [0.3, 0.4) is 0 Å². The van der Waals surface area contributed by atoms with Crippen LogP contribution in [0.15, 0.2) is 12.4 Å². The van der Waals surface area contributed by atoms with E-state index < -0.39 is 6.23 Å². The summed E-state index contributed by atoms with van der Waals surface area (Å²) in [5, 5.41) is 10.6. The Kier molecular flexibility index (Phi) is 7.88. The van der Waals surface area contributed by atoms with E-state index in [0.717, 1.165) is 68.7 Å². The van der Waals surface area contributed by atoms with Gasteiger partial charge >= 0.3 is 0 Å². The maximum absolute atomic E-state index is 10.6. The zero-order chi connectivity index (χ0) is 26.8. The average Bonchev–Trinajstić information content (AvgIpc) is 3.26. The van der Waals surface area contributed by atoms with E-state index >= 15 is 0 Å². The Morgan fingerprint density at radius 2 is 1.66 bits per heavy atom. The molecule has 0 bridgehead atoms. The molecule has 2 saturated heterocycles. The van der Waals surface area contributed by atoms with Crippen molar-refractivity contribution in [3.8, 4) is 11.4 Å². The monoisotopic (exact) mass is 525 g/mol. The first-order valence-corrected chi connectivity index (χ1v) is 13.3. The number of ether oxygens (including phenoxy) is 1. The second-order valence-corrected chi connectivity index (χ2v) is 10.7. The van der Waals surface area contributed by atoms with Gasteiger partial charge in [-0.05, 0) is 20.0 Å². The molecule has 38 heavy (non-hydrogen) atoms. The van der Waals surface area contributed by atoms with Gasteiger partial charge in [-0.2, -0.15) is 0 Å². The quantitative estimate of drug-likeness (QED) is 0.420. The number of anilines is 3. The Labute approximate surface area is 223 Å². The van der Waals surface area contributed by atoms with E-state index in [9.17, 15) is 5.11 Å². The lowest BCUT2D eigenvalue weighted by Crippen LogP contribution is -2.53. The van der Waals surface area contributed by atoms with Crippen LogP contribution in [0.4, 0.5) is 17.7 Å². The van der Waals surface area contributed by atoms with E-state index in [4.69, 9.17) is 25.4 Å².